The maximum atomic E-state index is 12.8. The zero-order valence-corrected chi connectivity index (χ0v) is 13.2. The number of aliphatic hydroxyl groups is 1. The van der Waals surface area contributed by atoms with E-state index in [-0.39, 0.29) is 11.7 Å². The van der Waals surface area contributed by atoms with Gasteiger partial charge in [-0.25, -0.2) is 0 Å². The second-order valence-corrected chi connectivity index (χ2v) is 6.38. The SMILES string of the molecule is [2H]C(C)(O)C([2H])(C(=O)O[C@H]1CC2CC[C@H](C1)N2C)c1ccccc1. The normalized spacial score (nSPS) is 35.0. The molecule has 1 aromatic carbocycles. The van der Waals surface area contributed by atoms with E-state index < -0.39 is 17.9 Å². The first-order valence-corrected chi connectivity index (χ1v) is 7.94. The molecule has 0 aromatic heterocycles. The average molecular weight is 305 g/mol. The molecular formula is C18H25NO3. The molecule has 2 aliphatic rings. The predicted octanol–water partition coefficient (Wildman–Crippen LogP) is 2.32. The standard InChI is InChI=1S/C18H25NO3/c1-12(20)17(13-6-4-3-5-7-13)18(21)22-16-10-14-8-9-15(11-16)19(14)2/h3-7,12,14-17,20H,8-11H2,1-2H3/t12?,14-,15?,16-,17?/m1/s1/i12D,17D. The summed E-state index contributed by atoms with van der Waals surface area (Å²) in [4.78, 5) is 15.1. The number of nitrogens with zero attached hydrogens (tertiary/aromatic N) is 1. The number of carbonyl (C=O) groups is 1. The van der Waals surface area contributed by atoms with Crippen LogP contribution in [-0.4, -0.2) is 47.3 Å². The number of benzene rings is 1. The van der Waals surface area contributed by atoms with Crippen molar-refractivity contribution >= 4 is 5.97 Å². The lowest BCUT2D eigenvalue weighted by Gasteiger charge is -2.36. The van der Waals surface area contributed by atoms with E-state index in [2.05, 4.69) is 11.9 Å². The molecule has 2 heterocycles. The van der Waals surface area contributed by atoms with Gasteiger partial charge in [-0.15, -0.1) is 0 Å². The van der Waals surface area contributed by atoms with Crippen LogP contribution in [-0.2, 0) is 9.53 Å². The Bertz CT molecular complexity index is 590. The third-order valence-electron chi connectivity index (χ3n) is 4.96. The Hall–Kier alpha value is -1.39. The van der Waals surface area contributed by atoms with E-state index in [1.165, 1.54) is 0 Å². The Morgan fingerprint density at radius 1 is 1.32 bits per heavy atom. The number of hydrogen-bond donors (Lipinski definition) is 1. The van der Waals surface area contributed by atoms with Gasteiger partial charge in [0.25, 0.3) is 0 Å². The molecule has 22 heavy (non-hydrogen) atoms. The van der Waals surface area contributed by atoms with E-state index in [0.29, 0.717) is 12.1 Å². The molecule has 1 aromatic rings. The van der Waals surface area contributed by atoms with Gasteiger partial charge in [-0.05, 0) is 45.2 Å². The van der Waals surface area contributed by atoms with Crippen LogP contribution < -0.4 is 0 Å². The molecular weight excluding hydrogens is 278 g/mol. The van der Waals surface area contributed by atoms with Gasteiger partial charge in [-0.2, -0.15) is 0 Å². The number of fused-ring (bicyclic) bond motifs is 2. The zero-order valence-electron chi connectivity index (χ0n) is 15.2. The van der Waals surface area contributed by atoms with Gasteiger partial charge in [0.05, 0.1) is 7.45 Å². The molecule has 2 bridgehead atoms. The topological polar surface area (TPSA) is 49.8 Å². The molecule has 0 radical (unpaired) electrons. The van der Waals surface area contributed by atoms with E-state index in [9.17, 15) is 9.90 Å². The van der Waals surface area contributed by atoms with Gasteiger partial charge in [0.15, 0.2) is 0 Å². The van der Waals surface area contributed by atoms with Gasteiger partial charge in [0.1, 0.15) is 12.0 Å². The van der Waals surface area contributed by atoms with Crippen molar-refractivity contribution < 1.29 is 17.4 Å². The summed E-state index contributed by atoms with van der Waals surface area (Å²) in [5.74, 6) is -3.01. The Balaban J connectivity index is 1.81. The molecule has 0 aliphatic carbocycles. The van der Waals surface area contributed by atoms with E-state index in [1.54, 1.807) is 30.3 Å². The van der Waals surface area contributed by atoms with Crippen LogP contribution in [0.1, 0.15) is 46.8 Å². The third-order valence-corrected chi connectivity index (χ3v) is 4.96. The predicted molar refractivity (Wildman–Crippen MR) is 84.6 cm³/mol. The fraction of sp³-hybridized carbons (Fsp3) is 0.611. The van der Waals surface area contributed by atoms with Gasteiger partial charge in [-0.3, -0.25) is 4.79 Å². The highest BCUT2D eigenvalue weighted by molar-refractivity contribution is 5.79. The van der Waals surface area contributed by atoms with Gasteiger partial charge < -0.3 is 14.7 Å². The molecule has 4 heteroatoms. The second kappa shape index (κ2) is 6.39. The number of ether oxygens (including phenoxy) is 1. The highest BCUT2D eigenvalue weighted by atomic mass is 16.5. The minimum Gasteiger partial charge on any atom is -0.462 e. The van der Waals surface area contributed by atoms with Crippen molar-refractivity contribution in [3.63, 3.8) is 0 Å². The summed E-state index contributed by atoms with van der Waals surface area (Å²) >= 11 is 0. The fourth-order valence-electron chi connectivity index (χ4n) is 3.75. The van der Waals surface area contributed by atoms with Gasteiger partial charge >= 0.3 is 5.97 Å². The Labute approximate surface area is 134 Å². The Morgan fingerprint density at radius 3 is 2.45 bits per heavy atom. The molecule has 1 N–H and O–H groups in total. The van der Waals surface area contributed by atoms with Crippen molar-refractivity contribution in [1.29, 1.82) is 0 Å². The van der Waals surface area contributed by atoms with Crippen LogP contribution in [0.3, 0.4) is 0 Å². The van der Waals surface area contributed by atoms with Crippen molar-refractivity contribution in [3.8, 4) is 0 Å². The number of piperidine rings is 1. The van der Waals surface area contributed by atoms with Crippen LogP contribution in [0.5, 0.6) is 0 Å². The van der Waals surface area contributed by atoms with Crippen molar-refractivity contribution in [1.82, 2.24) is 4.90 Å². The van der Waals surface area contributed by atoms with Crippen LogP contribution in [0.15, 0.2) is 30.3 Å². The van der Waals surface area contributed by atoms with Crippen LogP contribution >= 0.6 is 0 Å². The summed E-state index contributed by atoms with van der Waals surface area (Å²) in [6.07, 6.45) is 1.18. The molecule has 2 fully saturated rings. The van der Waals surface area contributed by atoms with Crippen molar-refractivity contribution in [2.24, 2.45) is 0 Å². The van der Waals surface area contributed by atoms with Gasteiger partial charge in [0, 0.05) is 13.5 Å². The van der Waals surface area contributed by atoms with E-state index in [0.717, 1.165) is 32.6 Å². The highest BCUT2D eigenvalue weighted by Crippen LogP contribution is 2.36. The van der Waals surface area contributed by atoms with Crippen LogP contribution in [0.25, 0.3) is 0 Å². The summed E-state index contributed by atoms with van der Waals surface area (Å²) in [6.45, 7) is 1.16. The Morgan fingerprint density at radius 2 is 1.91 bits per heavy atom. The molecule has 0 amide bonds. The maximum Gasteiger partial charge on any atom is 0.316 e. The van der Waals surface area contributed by atoms with Crippen LogP contribution in [0.2, 0.25) is 0 Å². The molecule has 2 aliphatic heterocycles. The molecule has 5 atom stereocenters. The van der Waals surface area contributed by atoms with E-state index >= 15 is 0 Å². The molecule has 2 saturated heterocycles. The lowest BCUT2D eigenvalue weighted by Crippen LogP contribution is -2.44. The summed E-state index contributed by atoms with van der Waals surface area (Å²) in [6, 6.07) is 9.12. The van der Waals surface area contributed by atoms with Crippen LogP contribution in [0.4, 0.5) is 0 Å². The molecule has 120 valence electrons. The first-order valence-electron chi connectivity index (χ1n) is 8.94. The van der Waals surface area contributed by atoms with E-state index in [4.69, 9.17) is 7.48 Å². The number of rotatable bonds is 4. The Kier molecular flexibility index (Phi) is 3.80. The minimum absolute atomic E-state index is 0.248. The quantitative estimate of drug-likeness (QED) is 0.867. The largest absolute Gasteiger partial charge is 0.462 e. The molecule has 3 unspecified atom stereocenters. The third kappa shape index (κ3) is 3.03. The first-order chi connectivity index (χ1) is 11.2. The summed E-state index contributed by atoms with van der Waals surface area (Å²) in [7, 11) is 2.10. The molecule has 0 saturated carbocycles. The van der Waals surface area contributed by atoms with Crippen molar-refractivity contribution in [2.75, 3.05) is 7.05 Å². The first kappa shape index (κ1) is 13.1. The number of esters is 1. The number of carbonyl (C=O) groups excluding carboxylic acids is 1. The smallest absolute Gasteiger partial charge is 0.316 e. The van der Waals surface area contributed by atoms with Gasteiger partial charge in [-0.1, -0.05) is 30.3 Å². The van der Waals surface area contributed by atoms with Gasteiger partial charge in [0.2, 0.25) is 0 Å². The summed E-state index contributed by atoms with van der Waals surface area (Å²) < 4.78 is 22.2. The highest BCUT2D eigenvalue weighted by Gasteiger charge is 2.40. The molecule has 3 rings (SSSR count). The lowest BCUT2D eigenvalue weighted by atomic mass is 9.94. The van der Waals surface area contributed by atoms with Crippen molar-refractivity contribution in [2.45, 2.75) is 62.8 Å². The second-order valence-electron chi connectivity index (χ2n) is 6.38. The van der Waals surface area contributed by atoms with Crippen molar-refractivity contribution in [3.05, 3.63) is 35.9 Å². The minimum atomic E-state index is -2.30. The summed E-state index contributed by atoms with van der Waals surface area (Å²) in [5, 5.41) is 10.2. The molecule has 4 nitrogen and oxygen atoms in total. The maximum absolute atomic E-state index is 12.8. The van der Waals surface area contributed by atoms with Crippen LogP contribution in [0, 0.1) is 0 Å². The number of hydrogen-bond acceptors (Lipinski definition) is 4. The average Bonchev–Trinajstić information content (AvgIpc) is 2.75. The molecule has 0 spiro atoms. The fourth-order valence-corrected chi connectivity index (χ4v) is 3.75. The monoisotopic (exact) mass is 305 g/mol. The lowest BCUT2D eigenvalue weighted by molar-refractivity contribution is -0.156. The zero-order chi connectivity index (χ0) is 17.5. The van der Waals surface area contributed by atoms with E-state index in [1.807, 2.05) is 0 Å². The summed E-state index contributed by atoms with van der Waals surface area (Å²) in [5.41, 5.74) is 0.269.